The molecule has 0 radical (unpaired) electrons. The lowest BCUT2D eigenvalue weighted by Crippen LogP contribution is -2.22. The SMILES string of the molecule is CCCCCC[C@H]([C@H](C)O)n1cnc(C(=O)OCC)n1. The number of hydrogen-bond acceptors (Lipinski definition) is 5. The molecule has 0 fully saturated rings. The molecule has 0 amide bonds. The lowest BCUT2D eigenvalue weighted by atomic mass is 10.0. The van der Waals surface area contributed by atoms with Gasteiger partial charge in [-0.25, -0.2) is 14.5 Å². The van der Waals surface area contributed by atoms with Gasteiger partial charge in [0.05, 0.1) is 18.8 Å². The molecule has 1 N–H and O–H groups in total. The van der Waals surface area contributed by atoms with Gasteiger partial charge in [0.2, 0.25) is 0 Å². The fourth-order valence-corrected chi connectivity index (χ4v) is 2.10. The minimum Gasteiger partial charge on any atom is -0.460 e. The average molecular weight is 283 g/mol. The number of carbonyl (C=O) groups excluding carboxylic acids is 1. The van der Waals surface area contributed by atoms with Crippen molar-refractivity contribution < 1.29 is 14.6 Å². The predicted molar refractivity (Wildman–Crippen MR) is 75.5 cm³/mol. The summed E-state index contributed by atoms with van der Waals surface area (Å²) in [6, 6.07) is -0.150. The van der Waals surface area contributed by atoms with E-state index in [1.54, 1.807) is 18.5 Å². The van der Waals surface area contributed by atoms with Gasteiger partial charge in [-0.05, 0) is 20.3 Å². The summed E-state index contributed by atoms with van der Waals surface area (Å²) in [6.07, 6.45) is 6.31. The molecule has 1 heterocycles. The van der Waals surface area contributed by atoms with E-state index < -0.39 is 12.1 Å². The van der Waals surface area contributed by atoms with Gasteiger partial charge in [-0.1, -0.05) is 32.6 Å². The van der Waals surface area contributed by atoms with Crippen molar-refractivity contribution in [1.82, 2.24) is 14.8 Å². The van der Waals surface area contributed by atoms with Crippen molar-refractivity contribution in [3.63, 3.8) is 0 Å². The number of ether oxygens (including phenoxy) is 1. The van der Waals surface area contributed by atoms with Crippen LogP contribution in [0, 0.1) is 0 Å². The summed E-state index contributed by atoms with van der Waals surface area (Å²) in [7, 11) is 0. The summed E-state index contributed by atoms with van der Waals surface area (Å²) < 4.78 is 6.43. The van der Waals surface area contributed by atoms with Crippen molar-refractivity contribution in [3.8, 4) is 0 Å². The third kappa shape index (κ3) is 4.92. The Kier molecular flexibility index (Phi) is 7.22. The Morgan fingerprint density at radius 2 is 2.15 bits per heavy atom. The van der Waals surface area contributed by atoms with Crippen molar-refractivity contribution in [3.05, 3.63) is 12.2 Å². The molecule has 1 aromatic rings. The van der Waals surface area contributed by atoms with E-state index in [-0.39, 0.29) is 11.9 Å². The number of aliphatic hydroxyl groups is 1. The van der Waals surface area contributed by atoms with Gasteiger partial charge in [0, 0.05) is 0 Å². The Morgan fingerprint density at radius 3 is 2.75 bits per heavy atom. The summed E-state index contributed by atoms with van der Waals surface area (Å²) in [5.74, 6) is -0.479. The minimum atomic E-state index is -0.534. The van der Waals surface area contributed by atoms with Gasteiger partial charge in [0.25, 0.3) is 5.82 Å². The number of nitrogens with zero attached hydrogens (tertiary/aromatic N) is 3. The molecule has 0 spiro atoms. The molecule has 114 valence electrons. The van der Waals surface area contributed by atoms with E-state index in [1.807, 2.05) is 0 Å². The Hall–Kier alpha value is -1.43. The molecule has 0 saturated heterocycles. The number of hydrogen-bond donors (Lipinski definition) is 1. The molecule has 20 heavy (non-hydrogen) atoms. The van der Waals surface area contributed by atoms with Gasteiger partial charge in [-0.15, -0.1) is 5.10 Å². The first-order chi connectivity index (χ1) is 9.60. The van der Waals surface area contributed by atoms with E-state index in [0.29, 0.717) is 6.61 Å². The van der Waals surface area contributed by atoms with Crippen LogP contribution in [0.2, 0.25) is 0 Å². The number of unbranched alkanes of at least 4 members (excludes halogenated alkanes) is 3. The quantitative estimate of drug-likeness (QED) is 0.556. The fourth-order valence-electron chi connectivity index (χ4n) is 2.10. The number of rotatable bonds is 9. The fraction of sp³-hybridized carbons (Fsp3) is 0.786. The standard InChI is InChI=1S/C14H25N3O3/c1-4-6-7-8-9-12(11(3)18)17-10-15-13(16-17)14(19)20-5-2/h10-12,18H,4-9H2,1-3H3/t11-,12+/m0/s1. The van der Waals surface area contributed by atoms with Crippen LogP contribution in [0.4, 0.5) is 0 Å². The van der Waals surface area contributed by atoms with Crippen LogP contribution >= 0.6 is 0 Å². The van der Waals surface area contributed by atoms with Gasteiger partial charge < -0.3 is 9.84 Å². The highest BCUT2D eigenvalue weighted by molar-refractivity contribution is 5.84. The van der Waals surface area contributed by atoms with E-state index in [9.17, 15) is 9.90 Å². The largest absolute Gasteiger partial charge is 0.460 e. The van der Waals surface area contributed by atoms with Crippen LogP contribution in [0.25, 0.3) is 0 Å². The summed E-state index contributed by atoms with van der Waals surface area (Å²) in [6.45, 7) is 5.93. The summed E-state index contributed by atoms with van der Waals surface area (Å²) >= 11 is 0. The predicted octanol–water partition coefficient (Wildman–Crippen LogP) is 2.35. The Morgan fingerprint density at radius 1 is 1.40 bits per heavy atom. The van der Waals surface area contributed by atoms with Gasteiger partial charge in [-0.2, -0.15) is 0 Å². The van der Waals surface area contributed by atoms with Crippen molar-refractivity contribution in [2.24, 2.45) is 0 Å². The zero-order valence-electron chi connectivity index (χ0n) is 12.6. The lowest BCUT2D eigenvalue weighted by molar-refractivity contribution is 0.0509. The number of esters is 1. The third-order valence-corrected chi connectivity index (χ3v) is 3.22. The van der Waals surface area contributed by atoms with Crippen LogP contribution in [-0.2, 0) is 4.74 Å². The Bertz CT molecular complexity index is 404. The molecule has 0 aliphatic heterocycles. The van der Waals surface area contributed by atoms with Crippen LogP contribution in [0.1, 0.15) is 69.5 Å². The van der Waals surface area contributed by atoms with Gasteiger partial charge in [-0.3, -0.25) is 0 Å². The Labute approximate surface area is 120 Å². The second-order valence-electron chi connectivity index (χ2n) is 4.93. The maximum Gasteiger partial charge on any atom is 0.378 e. The van der Waals surface area contributed by atoms with Gasteiger partial charge >= 0.3 is 5.97 Å². The van der Waals surface area contributed by atoms with Crippen molar-refractivity contribution in [2.75, 3.05) is 6.61 Å². The van der Waals surface area contributed by atoms with E-state index in [0.717, 1.165) is 19.3 Å². The lowest BCUT2D eigenvalue weighted by Gasteiger charge is -2.19. The van der Waals surface area contributed by atoms with Crippen molar-refractivity contribution >= 4 is 5.97 Å². The van der Waals surface area contributed by atoms with Gasteiger partial charge in [0.1, 0.15) is 6.33 Å². The van der Waals surface area contributed by atoms with E-state index in [4.69, 9.17) is 4.74 Å². The molecule has 0 unspecified atom stereocenters. The van der Waals surface area contributed by atoms with E-state index in [2.05, 4.69) is 17.0 Å². The van der Waals surface area contributed by atoms with Crippen LogP contribution < -0.4 is 0 Å². The molecule has 0 saturated carbocycles. The smallest absolute Gasteiger partial charge is 0.378 e. The molecular weight excluding hydrogens is 258 g/mol. The highest BCUT2D eigenvalue weighted by Crippen LogP contribution is 2.19. The minimum absolute atomic E-state index is 0.0473. The molecular formula is C14H25N3O3. The monoisotopic (exact) mass is 283 g/mol. The molecule has 0 aliphatic carbocycles. The molecule has 1 rings (SSSR count). The summed E-state index contributed by atoms with van der Waals surface area (Å²) in [4.78, 5) is 15.5. The second-order valence-corrected chi connectivity index (χ2v) is 4.93. The zero-order chi connectivity index (χ0) is 15.0. The molecule has 0 aliphatic rings. The molecule has 2 atom stereocenters. The zero-order valence-corrected chi connectivity index (χ0v) is 12.6. The average Bonchev–Trinajstić information content (AvgIpc) is 2.88. The van der Waals surface area contributed by atoms with Crippen molar-refractivity contribution in [1.29, 1.82) is 0 Å². The molecule has 0 bridgehead atoms. The van der Waals surface area contributed by atoms with Crippen LogP contribution in [0.3, 0.4) is 0 Å². The van der Waals surface area contributed by atoms with Gasteiger partial charge in [0.15, 0.2) is 0 Å². The number of aromatic nitrogens is 3. The first kappa shape index (κ1) is 16.6. The molecule has 1 aromatic heterocycles. The van der Waals surface area contributed by atoms with Crippen LogP contribution in [0.15, 0.2) is 6.33 Å². The molecule has 0 aromatic carbocycles. The number of aliphatic hydroxyl groups excluding tert-OH is 1. The first-order valence-corrected chi connectivity index (χ1v) is 7.36. The van der Waals surface area contributed by atoms with Crippen LogP contribution in [0.5, 0.6) is 0 Å². The number of carbonyl (C=O) groups is 1. The normalized spacial score (nSPS) is 14.0. The summed E-state index contributed by atoms with van der Waals surface area (Å²) in [5.41, 5.74) is 0. The maximum absolute atomic E-state index is 11.5. The maximum atomic E-state index is 11.5. The third-order valence-electron chi connectivity index (χ3n) is 3.22. The van der Waals surface area contributed by atoms with Crippen molar-refractivity contribution in [2.45, 2.75) is 65.0 Å². The first-order valence-electron chi connectivity index (χ1n) is 7.36. The topological polar surface area (TPSA) is 77.2 Å². The highest BCUT2D eigenvalue weighted by Gasteiger charge is 2.20. The summed E-state index contributed by atoms with van der Waals surface area (Å²) in [5, 5.41) is 14.0. The molecule has 6 nitrogen and oxygen atoms in total. The second kappa shape index (κ2) is 8.68. The highest BCUT2D eigenvalue weighted by atomic mass is 16.5. The Balaban J connectivity index is 2.65. The van der Waals surface area contributed by atoms with Crippen LogP contribution in [-0.4, -0.2) is 38.6 Å². The molecule has 6 heteroatoms. The van der Waals surface area contributed by atoms with E-state index in [1.165, 1.54) is 19.2 Å². The van der Waals surface area contributed by atoms with E-state index >= 15 is 0 Å².